The summed E-state index contributed by atoms with van der Waals surface area (Å²) >= 11 is 1.54. The Kier molecular flexibility index (Phi) is 9.18. The second-order valence-electron chi connectivity index (χ2n) is 10.6. The van der Waals surface area contributed by atoms with Crippen LogP contribution in [0.1, 0.15) is 36.8 Å². The fraction of sp³-hybridized carbons (Fsp3) is 0.258. The lowest BCUT2D eigenvalue weighted by molar-refractivity contribution is -0.120. The van der Waals surface area contributed by atoms with Crippen molar-refractivity contribution in [1.29, 1.82) is 0 Å². The quantitative estimate of drug-likeness (QED) is 0.232. The Morgan fingerprint density at radius 3 is 1.61 bits per heavy atom. The summed E-state index contributed by atoms with van der Waals surface area (Å²) in [6.07, 6.45) is 2.95. The van der Waals surface area contributed by atoms with E-state index in [2.05, 4.69) is 5.32 Å². The Morgan fingerprint density at radius 2 is 1.20 bits per heavy atom. The molecule has 2 atom stereocenters. The molecular formula is C31H34N2O5S3. The van der Waals surface area contributed by atoms with Crippen LogP contribution in [0.5, 0.6) is 0 Å². The maximum absolute atomic E-state index is 12.4. The molecule has 4 aromatic rings. The number of amides is 1. The van der Waals surface area contributed by atoms with Gasteiger partial charge in [0.1, 0.15) is 0 Å². The molecular weight excluding hydrogens is 577 g/mol. The van der Waals surface area contributed by atoms with Gasteiger partial charge < -0.3 is 5.73 Å². The first-order valence-corrected chi connectivity index (χ1v) is 17.7. The van der Waals surface area contributed by atoms with Crippen molar-refractivity contribution < 1.29 is 21.6 Å². The van der Waals surface area contributed by atoms with Gasteiger partial charge in [0.2, 0.25) is 5.91 Å². The lowest BCUT2D eigenvalue weighted by Gasteiger charge is -2.25. The van der Waals surface area contributed by atoms with Crippen LogP contribution in [0.2, 0.25) is 0 Å². The predicted octanol–water partition coefficient (Wildman–Crippen LogP) is 5.47. The number of carbonyl (C=O) groups excluding carboxylic acids is 1. The van der Waals surface area contributed by atoms with Crippen LogP contribution in [0, 0.1) is 5.92 Å². The van der Waals surface area contributed by atoms with E-state index in [4.69, 9.17) is 5.73 Å². The third-order valence-corrected chi connectivity index (χ3v) is 10.1. The van der Waals surface area contributed by atoms with Crippen LogP contribution in [0.3, 0.4) is 0 Å². The van der Waals surface area contributed by atoms with Gasteiger partial charge in [-0.15, -0.1) is 11.3 Å². The summed E-state index contributed by atoms with van der Waals surface area (Å²) in [6.45, 7) is 4.08. The molecule has 0 saturated carbocycles. The molecule has 0 saturated heterocycles. The first-order valence-electron chi connectivity index (χ1n) is 13.1. The highest BCUT2D eigenvalue weighted by atomic mass is 32.2. The molecule has 0 unspecified atom stereocenters. The van der Waals surface area contributed by atoms with Gasteiger partial charge >= 0.3 is 0 Å². The Balaban J connectivity index is 1.68. The van der Waals surface area contributed by atoms with Crippen molar-refractivity contribution in [2.75, 3.05) is 12.5 Å². The van der Waals surface area contributed by atoms with Gasteiger partial charge in [-0.05, 0) is 75.9 Å². The zero-order chi connectivity index (χ0) is 29.9. The number of carbonyl (C=O) groups is 1. The fourth-order valence-electron chi connectivity index (χ4n) is 4.59. The average molecular weight is 611 g/mol. The highest BCUT2D eigenvalue weighted by Gasteiger charge is 2.25. The van der Waals surface area contributed by atoms with Crippen molar-refractivity contribution in [2.45, 2.75) is 42.1 Å². The Hall–Kier alpha value is -3.31. The van der Waals surface area contributed by atoms with Crippen LogP contribution >= 0.6 is 11.3 Å². The molecule has 0 radical (unpaired) electrons. The Labute approximate surface area is 246 Å². The van der Waals surface area contributed by atoms with E-state index in [1.165, 1.54) is 12.5 Å². The molecule has 10 heteroatoms. The molecule has 7 nitrogen and oxygen atoms in total. The van der Waals surface area contributed by atoms with E-state index in [9.17, 15) is 21.6 Å². The molecule has 1 heterocycles. The number of hydrogen-bond acceptors (Lipinski definition) is 7. The van der Waals surface area contributed by atoms with E-state index in [-0.39, 0.29) is 21.8 Å². The molecule has 216 valence electrons. The molecule has 0 bridgehead atoms. The number of hydrogen-bond donors (Lipinski definition) is 2. The van der Waals surface area contributed by atoms with Crippen LogP contribution in [-0.2, 0) is 24.5 Å². The van der Waals surface area contributed by atoms with Gasteiger partial charge in [0, 0.05) is 17.4 Å². The first-order chi connectivity index (χ1) is 19.2. The lowest BCUT2D eigenvalue weighted by atomic mass is 9.96. The second kappa shape index (κ2) is 12.3. The molecule has 3 aromatic carbocycles. The van der Waals surface area contributed by atoms with Gasteiger partial charge in [0.05, 0.1) is 21.9 Å². The van der Waals surface area contributed by atoms with Crippen LogP contribution in [0.25, 0.3) is 22.3 Å². The number of nitrogens with one attached hydrogen (secondary N) is 1. The summed E-state index contributed by atoms with van der Waals surface area (Å²) in [7, 11) is -6.56. The Morgan fingerprint density at radius 1 is 0.756 bits per heavy atom. The van der Waals surface area contributed by atoms with E-state index in [1.807, 2.05) is 49.6 Å². The van der Waals surface area contributed by atoms with E-state index in [0.717, 1.165) is 32.7 Å². The minimum absolute atomic E-state index is 0.255. The molecule has 1 amide bonds. The van der Waals surface area contributed by atoms with Gasteiger partial charge in [-0.3, -0.25) is 10.1 Å². The van der Waals surface area contributed by atoms with E-state index in [1.54, 1.807) is 59.9 Å². The number of primary amides is 1. The molecule has 0 aliphatic carbocycles. The number of sulfone groups is 2. The van der Waals surface area contributed by atoms with Gasteiger partial charge in [0.15, 0.2) is 19.7 Å². The maximum Gasteiger partial charge on any atom is 0.234 e. The van der Waals surface area contributed by atoms with E-state index >= 15 is 0 Å². The topological polar surface area (TPSA) is 123 Å². The molecule has 0 aliphatic heterocycles. The zero-order valence-electron chi connectivity index (χ0n) is 23.4. The zero-order valence-corrected chi connectivity index (χ0v) is 25.8. The summed E-state index contributed by atoms with van der Waals surface area (Å²) in [5, 5.41) is 5.50. The van der Waals surface area contributed by atoms with Crippen molar-refractivity contribution in [3.8, 4) is 22.3 Å². The third-order valence-electron chi connectivity index (χ3n) is 6.80. The fourth-order valence-corrected chi connectivity index (χ4v) is 6.86. The molecule has 4 rings (SSSR count). The van der Waals surface area contributed by atoms with Crippen molar-refractivity contribution in [3.63, 3.8) is 0 Å². The number of rotatable bonds is 11. The van der Waals surface area contributed by atoms with Crippen molar-refractivity contribution >= 4 is 36.9 Å². The molecule has 0 aliphatic rings. The largest absolute Gasteiger partial charge is 0.368 e. The normalized spacial score (nSPS) is 13.7. The maximum atomic E-state index is 12.4. The lowest BCUT2D eigenvalue weighted by Crippen LogP contribution is -2.44. The molecule has 3 N–H and O–H groups in total. The van der Waals surface area contributed by atoms with Gasteiger partial charge in [-0.25, -0.2) is 16.8 Å². The smallest absolute Gasteiger partial charge is 0.234 e. The SMILES string of the molecule is CC(C)C[C@H](N[C@@H](c1ccc(-c2ccc(S(C)(=O)=O)cc2)cc1)c1cc(-c2ccc(S(C)(=O)=O)cc2)cs1)C(N)=O. The number of benzene rings is 3. The highest BCUT2D eigenvalue weighted by Crippen LogP contribution is 2.34. The third kappa shape index (κ3) is 7.71. The first kappa shape index (κ1) is 30.6. The molecule has 1 aromatic heterocycles. The van der Waals surface area contributed by atoms with Crippen molar-refractivity contribution in [3.05, 3.63) is 94.7 Å². The summed E-state index contributed by atoms with van der Waals surface area (Å²) in [5.74, 6) is -0.162. The Bertz CT molecular complexity index is 1720. The van der Waals surface area contributed by atoms with E-state index < -0.39 is 31.6 Å². The summed E-state index contributed by atoms with van der Waals surface area (Å²) in [5.41, 5.74) is 10.4. The molecule has 41 heavy (non-hydrogen) atoms. The van der Waals surface area contributed by atoms with Gasteiger partial charge in [-0.1, -0.05) is 62.4 Å². The van der Waals surface area contributed by atoms with Crippen LogP contribution in [0.4, 0.5) is 0 Å². The van der Waals surface area contributed by atoms with Crippen LogP contribution < -0.4 is 11.1 Å². The minimum atomic E-state index is -3.29. The standard InChI is InChI=1S/C31H34N2O5S3/c1-20(2)17-28(31(32)34)33-30(29-18-25(19-39-29)23-11-15-27(16-12-23)41(4,37)38)24-7-5-21(6-8-24)22-9-13-26(14-10-22)40(3,35)36/h5-16,18-20,28,30,33H,17H2,1-4H3,(H2,32,34)/t28-,30-/m0/s1. The summed E-state index contributed by atoms with van der Waals surface area (Å²) < 4.78 is 47.4. The van der Waals surface area contributed by atoms with Crippen LogP contribution in [0.15, 0.2) is 94.0 Å². The summed E-state index contributed by atoms with van der Waals surface area (Å²) in [4.78, 5) is 13.9. The van der Waals surface area contributed by atoms with E-state index in [0.29, 0.717) is 6.42 Å². The second-order valence-corrected chi connectivity index (χ2v) is 15.6. The highest BCUT2D eigenvalue weighted by molar-refractivity contribution is 7.91. The number of thiophene rings is 1. The monoisotopic (exact) mass is 610 g/mol. The van der Waals surface area contributed by atoms with Crippen molar-refractivity contribution in [2.24, 2.45) is 11.7 Å². The molecule has 0 spiro atoms. The summed E-state index contributed by atoms with van der Waals surface area (Å²) in [6, 6.07) is 22.7. The molecule has 0 fully saturated rings. The number of nitrogens with two attached hydrogens (primary N) is 1. The van der Waals surface area contributed by atoms with Gasteiger partial charge in [0.25, 0.3) is 0 Å². The van der Waals surface area contributed by atoms with Crippen molar-refractivity contribution in [1.82, 2.24) is 5.32 Å². The van der Waals surface area contributed by atoms with Gasteiger partial charge in [-0.2, -0.15) is 0 Å². The minimum Gasteiger partial charge on any atom is -0.368 e. The van der Waals surface area contributed by atoms with Crippen LogP contribution in [-0.4, -0.2) is 41.3 Å². The predicted molar refractivity (Wildman–Crippen MR) is 165 cm³/mol. The average Bonchev–Trinajstić information content (AvgIpc) is 3.40.